The number of carbonyl (C=O) groups excluding carboxylic acids is 2. The van der Waals surface area contributed by atoms with Crippen molar-refractivity contribution in [3.63, 3.8) is 0 Å². The first kappa shape index (κ1) is 21.1. The van der Waals surface area contributed by atoms with Gasteiger partial charge >= 0.3 is 6.03 Å². The number of rotatable bonds is 4. The predicted octanol–water partition coefficient (Wildman–Crippen LogP) is 7.02. The zero-order chi connectivity index (χ0) is 22.0. The molecule has 0 saturated heterocycles. The van der Waals surface area contributed by atoms with E-state index in [-0.39, 0.29) is 0 Å². The number of furan rings is 1. The van der Waals surface area contributed by atoms with Crippen LogP contribution in [-0.4, -0.2) is 11.9 Å². The lowest BCUT2D eigenvalue weighted by Gasteiger charge is -2.14. The molecule has 8 heteroatoms. The number of nitrogens with one attached hydrogen (secondary N) is 2. The number of anilines is 1. The lowest BCUT2D eigenvalue weighted by Crippen LogP contribution is -2.34. The van der Waals surface area contributed by atoms with E-state index in [1.165, 1.54) is 0 Å². The Hall–Kier alpha value is -3.10. The molecule has 6 nitrogen and oxygen atoms in total. The quantitative estimate of drug-likeness (QED) is 0.290. The van der Waals surface area contributed by atoms with Crippen molar-refractivity contribution in [1.29, 1.82) is 0 Å². The summed E-state index contributed by atoms with van der Waals surface area (Å²) in [6.45, 7) is 1.86. The Morgan fingerprint density at radius 1 is 0.968 bits per heavy atom. The summed E-state index contributed by atoms with van der Waals surface area (Å²) in [5.41, 5.74) is 2.31. The van der Waals surface area contributed by atoms with Crippen LogP contribution < -0.4 is 15.4 Å². The summed E-state index contributed by atoms with van der Waals surface area (Å²) in [6, 6.07) is 17.0. The van der Waals surface area contributed by atoms with Gasteiger partial charge in [-0.15, -0.1) is 0 Å². The third-order valence-corrected chi connectivity index (χ3v) is 5.68. The topological polar surface area (TPSA) is 80.6 Å². The smallest absolute Gasteiger partial charge is 0.326 e. The van der Waals surface area contributed by atoms with Crippen LogP contribution in [0.3, 0.4) is 0 Å². The number of amides is 3. The normalized spacial score (nSPS) is 10.7. The van der Waals surface area contributed by atoms with Crippen molar-refractivity contribution in [3.05, 3.63) is 87.0 Å². The Balaban J connectivity index is 1.50. The summed E-state index contributed by atoms with van der Waals surface area (Å²) >= 11 is 6.95. The molecule has 31 heavy (non-hydrogen) atoms. The second-order valence-electron chi connectivity index (χ2n) is 6.70. The van der Waals surface area contributed by atoms with Crippen molar-refractivity contribution < 1.29 is 18.7 Å². The molecule has 1 heterocycles. The molecule has 0 saturated carbocycles. The number of imide groups is 1. The number of hydrogen-bond donors (Lipinski definition) is 2. The average Bonchev–Trinajstić information content (AvgIpc) is 3.13. The minimum Gasteiger partial charge on any atom is -0.459 e. The Bertz CT molecular complexity index is 1260. The number of aryl methyl sites for hydroxylation is 1. The molecular formula is C23H16Br2N2O4. The highest BCUT2D eigenvalue weighted by atomic mass is 79.9. The van der Waals surface area contributed by atoms with Gasteiger partial charge in [-0.3, -0.25) is 10.1 Å². The molecule has 1 aromatic heterocycles. The highest BCUT2D eigenvalue weighted by molar-refractivity contribution is 9.11. The second-order valence-corrected chi connectivity index (χ2v) is 8.41. The fourth-order valence-corrected chi connectivity index (χ4v) is 4.10. The van der Waals surface area contributed by atoms with Crippen molar-refractivity contribution >= 4 is 60.5 Å². The maximum absolute atomic E-state index is 12.2. The van der Waals surface area contributed by atoms with Gasteiger partial charge in [0.15, 0.2) is 11.3 Å². The number of halogens is 2. The lowest BCUT2D eigenvalue weighted by atomic mass is 10.2. The summed E-state index contributed by atoms with van der Waals surface area (Å²) in [7, 11) is 0. The zero-order valence-corrected chi connectivity index (χ0v) is 19.4. The van der Waals surface area contributed by atoms with Crippen molar-refractivity contribution in [2.45, 2.75) is 6.92 Å². The number of hydrogen-bond acceptors (Lipinski definition) is 4. The number of carbonyl (C=O) groups is 2. The third-order valence-electron chi connectivity index (χ3n) is 4.48. The van der Waals surface area contributed by atoms with Gasteiger partial charge in [0.25, 0.3) is 5.91 Å². The highest BCUT2D eigenvalue weighted by Gasteiger charge is 2.16. The van der Waals surface area contributed by atoms with Crippen molar-refractivity contribution in [2.75, 3.05) is 5.32 Å². The number of ether oxygens (including phenoxy) is 1. The van der Waals surface area contributed by atoms with Gasteiger partial charge < -0.3 is 14.5 Å². The molecule has 2 N–H and O–H groups in total. The van der Waals surface area contributed by atoms with E-state index >= 15 is 0 Å². The van der Waals surface area contributed by atoms with E-state index in [1.54, 1.807) is 48.7 Å². The maximum Gasteiger partial charge on any atom is 0.326 e. The molecule has 0 spiro atoms. The van der Waals surface area contributed by atoms with Crippen LogP contribution in [0.15, 0.2) is 80.3 Å². The number of benzene rings is 3. The molecule has 0 aliphatic heterocycles. The fraction of sp³-hybridized carbons (Fsp3) is 0.0435. The summed E-state index contributed by atoms with van der Waals surface area (Å²) in [5.74, 6) is 0.678. The second kappa shape index (κ2) is 8.95. The van der Waals surface area contributed by atoms with Gasteiger partial charge in [0, 0.05) is 16.6 Å². The molecule has 0 atom stereocenters. The van der Waals surface area contributed by atoms with Crippen LogP contribution in [0.1, 0.15) is 15.9 Å². The molecule has 0 fully saturated rings. The van der Waals surface area contributed by atoms with E-state index < -0.39 is 11.9 Å². The van der Waals surface area contributed by atoms with Gasteiger partial charge in [0.05, 0.1) is 8.95 Å². The minimum atomic E-state index is -0.626. The van der Waals surface area contributed by atoms with Gasteiger partial charge in [-0.1, -0.05) is 24.3 Å². The fourth-order valence-electron chi connectivity index (χ4n) is 3.05. The maximum atomic E-state index is 12.2. The number of para-hydroxylation sites is 1. The van der Waals surface area contributed by atoms with E-state index in [4.69, 9.17) is 9.15 Å². The highest BCUT2D eigenvalue weighted by Crippen LogP contribution is 2.39. The first-order chi connectivity index (χ1) is 14.9. The van der Waals surface area contributed by atoms with Crippen LogP contribution in [-0.2, 0) is 0 Å². The first-order valence-corrected chi connectivity index (χ1v) is 10.8. The van der Waals surface area contributed by atoms with E-state index in [2.05, 4.69) is 42.5 Å². The van der Waals surface area contributed by atoms with E-state index in [9.17, 15) is 9.59 Å². The standard InChI is InChI=1S/C23H16Br2N2O4/c1-13-10-15(26-23(29)27-22(28)14-6-3-2-4-7-14)11-17(24)20(13)31-19-9-5-8-16-18(25)12-30-21(16)19/h2-12H,1H3,(H2,26,27,28,29). The van der Waals surface area contributed by atoms with E-state index in [0.717, 1.165) is 15.4 Å². The largest absolute Gasteiger partial charge is 0.459 e. The van der Waals surface area contributed by atoms with Gasteiger partial charge in [-0.25, -0.2) is 4.79 Å². The van der Waals surface area contributed by atoms with E-state index in [0.29, 0.717) is 32.8 Å². The van der Waals surface area contributed by atoms with E-state index in [1.807, 2.05) is 25.1 Å². The van der Waals surface area contributed by atoms with Gasteiger partial charge in [0.2, 0.25) is 0 Å². The van der Waals surface area contributed by atoms with Gasteiger partial charge in [-0.05, 0) is 80.7 Å². The summed E-state index contributed by atoms with van der Waals surface area (Å²) in [4.78, 5) is 24.4. The Kier molecular flexibility index (Phi) is 6.11. The minimum absolute atomic E-state index is 0.400. The van der Waals surface area contributed by atoms with Crippen molar-refractivity contribution in [2.24, 2.45) is 0 Å². The van der Waals surface area contributed by atoms with Crippen molar-refractivity contribution in [1.82, 2.24) is 5.32 Å². The average molecular weight is 544 g/mol. The van der Waals surface area contributed by atoms with Crippen LogP contribution in [0.2, 0.25) is 0 Å². The van der Waals surface area contributed by atoms with Gasteiger partial charge in [-0.2, -0.15) is 0 Å². The van der Waals surface area contributed by atoms with Crippen LogP contribution in [0.5, 0.6) is 11.5 Å². The number of fused-ring (bicyclic) bond motifs is 1. The Morgan fingerprint density at radius 2 is 1.74 bits per heavy atom. The summed E-state index contributed by atoms with van der Waals surface area (Å²) in [5, 5.41) is 5.88. The van der Waals surface area contributed by atoms with Crippen LogP contribution in [0, 0.1) is 6.92 Å². The monoisotopic (exact) mass is 542 g/mol. The number of urea groups is 1. The van der Waals surface area contributed by atoms with Crippen molar-refractivity contribution in [3.8, 4) is 11.5 Å². The molecular weight excluding hydrogens is 528 g/mol. The predicted molar refractivity (Wildman–Crippen MR) is 126 cm³/mol. The summed E-state index contributed by atoms with van der Waals surface area (Å²) < 4.78 is 13.2. The Labute approximate surface area is 194 Å². The molecule has 0 radical (unpaired) electrons. The van der Waals surface area contributed by atoms with Crippen LogP contribution >= 0.6 is 31.9 Å². The van der Waals surface area contributed by atoms with Crippen LogP contribution in [0.25, 0.3) is 11.0 Å². The molecule has 0 bridgehead atoms. The molecule has 3 aromatic carbocycles. The molecule has 0 unspecified atom stereocenters. The third kappa shape index (κ3) is 4.65. The molecule has 4 rings (SSSR count). The molecule has 3 amide bonds. The van der Waals surface area contributed by atoms with Gasteiger partial charge in [0.1, 0.15) is 12.0 Å². The van der Waals surface area contributed by atoms with Crippen LogP contribution in [0.4, 0.5) is 10.5 Å². The molecule has 0 aliphatic carbocycles. The molecule has 4 aromatic rings. The first-order valence-electron chi connectivity index (χ1n) is 9.23. The lowest BCUT2D eigenvalue weighted by molar-refractivity contribution is 0.0967. The zero-order valence-electron chi connectivity index (χ0n) is 16.2. The summed E-state index contributed by atoms with van der Waals surface area (Å²) in [6.07, 6.45) is 1.61. The molecule has 0 aliphatic rings. The SMILES string of the molecule is Cc1cc(NC(=O)NC(=O)c2ccccc2)cc(Br)c1Oc1cccc2c(Br)coc12. The molecule has 156 valence electrons. The Morgan fingerprint density at radius 3 is 2.48 bits per heavy atom.